The first-order chi connectivity index (χ1) is 12.2. The van der Waals surface area contributed by atoms with Gasteiger partial charge in [-0.1, -0.05) is 48.5 Å². The van der Waals surface area contributed by atoms with Gasteiger partial charge in [-0.3, -0.25) is 10.1 Å². The molecule has 2 N–H and O–H groups in total. The highest BCUT2D eigenvalue weighted by atomic mass is 127. The summed E-state index contributed by atoms with van der Waals surface area (Å²) >= 11 is 0. The van der Waals surface area contributed by atoms with E-state index in [1.165, 1.54) is 11.6 Å². The number of hydrogen-bond acceptors (Lipinski definition) is 3. The van der Waals surface area contributed by atoms with Crippen LogP contribution in [0.1, 0.15) is 24.5 Å². The van der Waals surface area contributed by atoms with Crippen molar-refractivity contribution in [3.63, 3.8) is 0 Å². The van der Waals surface area contributed by atoms with E-state index >= 15 is 0 Å². The van der Waals surface area contributed by atoms with Crippen LogP contribution >= 0.6 is 24.0 Å². The lowest BCUT2D eigenvalue weighted by atomic mass is 10.1. The molecule has 0 saturated heterocycles. The first-order valence-corrected chi connectivity index (χ1v) is 8.49. The molecule has 0 atom stereocenters. The van der Waals surface area contributed by atoms with Gasteiger partial charge in [-0.2, -0.15) is 0 Å². The van der Waals surface area contributed by atoms with Crippen molar-refractivity contribution in [3.05, 3.63) is 75.8 Å². The van der Waals surface area contributed by atoms with E-state index in [1.807, 2.05) is 25.1 Å². The molecule has 0 aliphatic carbocycles. The summed E-state index contributed by atoms with van der Waals surface area (Å²) in [5.74, 6) is 0.675. The van der Waals surface area contributed by atoms with Gasteiger partial charge in [0.05, 0.1) is 17.0 Å². The number of nitro benzene ring substituents is 1. The Bertz CT molecular complexity index is 708. The van der Waals surface area contributed by atoms with Crippen molar-refractivity contribution in [1.29, 1.82) is 0 Å². The summed E-state index contributed by atoms with van der Waals surface area (Å²) in [6.45, 7) is 3.79. The van der Waals surface area contributed by atoms with E-state index in [4.69, 9.17) is 0 Å². The van der Waals surface area contributed by atoms with E-state index in [2.05, 4.69) is 27.8 Å². The predicted molar refractivity (Wildman–Crippen MR) is 116 cm³/mol. The van der Waals surface area contributed by atoms with Gasteiger partial charge < -0.3 is 10.6 Å². The summed E-state index contributed by atoms with van der Waals surface area (Å²) in [7, 11) is 0. The fourth-order valence-electron chi connectivity index (χ4n) is 2.47. The molecule has 0 aliphatic rings. The summed E-state index contributed by atoms with van der Waals surface area (Å²) in [4.78, 5) is 15.2. The van der Waals surface area contributed by atoms with Gasteiger partial charge in [-0.25, -0.2) is 4.99 Å². The minimum absolute atomic E-state index is 0. The van der Waals surface area contributed by atoms with Crippen LogP contribution in [0.15, 0.2) is 59.6 Å². The van der Waals surface area contributed by atoms with E-state index in [9.17, 15) is 10.1 Å². The number of para-hydroxylation sites is 1. The van der Waals surface area contributed by atoms with Crippen LogP contribution in [0.4, 0.5) is 5.69 Å². The molecule has 26 heavy (non-hydrogen) atoms. The molecule has 0 radical (unpaired) electrons. The van der Waals surface area contributed by atoms with Crippen LogP contribution < -0.4 is 10.6 Å². The van der Waals surface area contributed by atoms with Crippen molar-refractivity contribution < 1.29 is 4.92 Å². The van der Waals surface area contributed by atoms with Gasteiger partial charge in [-0.15, -0.1) is 24.0 Å². The third-order valence-electron chi connectivity index (χ3n) is 3.72. The molecule has 6 nitrogen and oxygen atoms in total. The van der Waals surface area contributed by atoms with Crippen LogP contribution in [-0.4, -0.2) is 24.0 Å². The lowest BCUT2D eigenvalue weighted by Crippen LogP contribution is -2.37. The Morgan fingerprint density at radius 2 is 1.77 bits per heavy atom. The van der Waals surface area contributed by atoms with Gasteiger partial charge in [0, 0.05) is 19.2 Å². The van der Waals surface area contributed by atoms with E-state index < -0.39 is 0 Å². The summed E-state index contributed by atoms with van der Waals surface area (Å²) < 4.78 is 0. The predicted octanol–water partition coefficient (Wildman–Crippen LogP) is 3.90. The van der Waals surface area contributed by atoms with Crippen molar-refractivity contribution >= 4 is 35.6 Å². The second kappa shape index (κ2) is 12.2. The van der Waals surface area contributed by atoms with E-state index in [-0.39, 0.29) is 41.1 Å². The number of nitrogens with one attached hydrogen (secondary N) is 2. The molecular formula is C19H25IN4O2. The van der Waals surface area contributed by atoms with E-state index in [1.54, 1.807) is 18.2 Å². The zero-order valence-electron chi connectivity index (χ0n) is 14.9. The molecule has 0 fully saturated rings. The molecule has 0 spiro atoms. The van der Waals surface area contributed by atoms with Gasteiger partial charge in [0.25, 0.3) is 5.69 Å². The van der Waals surface area contributed by atoms with Gasteiger partial charge in [0.15, 0.2) is 5.96 Å². The molecule has 0 bridgehead atoms. The molecule has 2 aromatic rings. The molecule has 2 aromatic carbocycles. The number of benzene rings is 2. The first kappa shape index (κ1) is 21.9. The summed E-state index contributed by atoms with van der Waals surface area (Å²) in [6.07, 6.45) is 1.98. The topological polar surface area (TPSA) is 79.6 Å². The second-order valence-corrected chi connectivity index (χ2v) is 5.60. The SMILES string of the molecule is CCNC(=NCc1ccccc1[N+](=O)[O-])NCCCc1ccccc1.I. The standard InChI is InChI=1S/C19H24N4O2.HI/c1-2-20-19(21-14-8-11-16-9-4-3-5-10-16)22-15-17-12-6-7-13-18(17)23(24)25;/h3-7,9-10,12-13H,2,8,11,14-15H2,1H3,(H2,20,21,22);1H. The Morgan fingerprint density at radius 3 is 2.46 bits per heavy atom. The smallest absolute Gasteiger partial charge is 0.274 e. The van der Waals surface area contributed by atoms with Gasteiger partial charge >= 0.3 is 0 Å². The lowest BCUT2D eigenvalue weighted by Gasteiger charge is -2.11. The third kappa shape index (κ3) is 7.38. The van der Waals surface area contributed by atoms with Crippen LogP contribution in [0.2, 0.25) is 0 Å². The Hall–Kier alpha value is -2.16. The highest BCUT2D eigenvalue weighted by Gasteiger charge is 2.11. The number of guanidine groups is 1. The number of aryl methyl sites for hydroxylation is 1. The number of nitrogens with zero attached hydrogens (tertiary/aromatic N) is 2. The Morgan fingerprint density at radius 1 is 1.08 bits per heavy atom. The van der Waals surface area contributed by atoms with Gasteiger partial charge in [0.1, 0.15) is 0 Å². The fourth-order valence-corrected chi connectivity index (χ4v) is 2.47. The Kier molecular flexibility index (Phi) is 10.3. The minimum atomic E-state index is -0.370. The maximum atomic E-state index is 11.1. The van der Waals surface area contributed by atoms with Crippen LogP contribution in [0.25, 0.3) is 0 Å². The molecule has 2 rings (SSSR count). The summed E-state index contributed by atoms with van der Waals surface area (Å²) in [6, 6.07) is 17.0. The molecule has 0 amide bonds. The molecule has 140 valence electrons. The largest absolute Gasteiger partial charge is 0.357 e. The number of nitro groups is 1. The van der Waals surface area contributed by atoms with Gasteiger partial charge in [-0.05, 0) is 25.3 Å². The normalized spacial score (nSPS) is 10.7. The highest BCUT2D eigenvalue weighted by molar-refractivity contribution is 14.0. The monoisotopic (exact) mass is 468 g/mol. The fraction of sp³-hybridized carbons (Fsp3) is 0.316. The molecule has 0 aliphatic heterocycles. The Labute approximate surface area is 171 Å². The molecule has 7 heteroatoms. The molecule has 0 aromatic heterocycles. The van der Waals surface area contributed by atoms with Crippen molar-refractivity contribution in [2.75, 3.05) is 13.1 Å². The number of hydrogen-bond donors (Lipinski definition) is 2. The van der Waals surface area contributed by atoms with E-state index in [0.717, 1.165) is 25.9 Å². The quantitative estimate of drug-likeness (QED) is 0.154. The molecule has 0 saturated carbocycles. The first-order valence-electron chi connectivity index (χ1n) is 8.49. The third-order valence-corrected chi connectivity index (χ3v) is 3.72. The lowest BCUT2D eigenvalue weighted by molar-refractivity contribution is -0.385. The zero-order chi connectivity index (χ0) is 17.9. The molecule has 0 heterocycles. The maximum Gasteiger partial charge on any atom is 0.274 e. The maximum absolute atomic E-state index is 11.1. The van der Waals surface area contributed by atoms with Gasteiger partial charge in [0.2, 0.25) is 0 Å². The summed E-state index contributed by atoms with van der Waals surface area (Å²) in [5.41, 5.74) is 2.02. The zero-order valence-corrected chi connectivity index (χ0v) is 17.2. The highest BCUT2D eigenvalue weighted by Crippen LogP contribution is 2.18. The second-order valence-electron chi connectivity index (χ2n) is 5.60. The van der Waals surface area contributed by atoms with Crippen LogP contribution in [-0.2, 0) is 13.0 Å². The van der Waals surface area contributed by atoms with Crippen LogP contribution in [0, 0.1) is 10.1 Å². The summed E-state index contributed by atoms with van der Waals surface area (Å²) in [5, 5.41) is 17.5. The average molecular weight is 468 g/mol. The van der Waals surface area contributed by atoms with Crippen molar-refractivity contribution in [2.45, 2.75) is 26.3 Å². The van der Waals surface area contributed by atoms with E-state index in [0.29, 0.717) is 11.5 Å². The minimum Gasteiger partial charge on any atom is -0.357 e. The Balaban J connectivity index is 0.00000338. The van der Waals surface area contributed by atoms with Crippen LogP contribution in [0.5, 0.6) is 0 Å². The van der Waals surface area contributed by atoms with Crippen molar-refractivity contribution in [1.82, 2.24) is 10.6 Å². The van der Waals surface area contributed by atoms with Crippen LogP contribution in [0.3, 0.4) is 0 Å². The average Bonchev–Trinajstić information content (AvgIpc) is 2.64. The molecular weight excluding hydrogens is 443 g/mol. The van der Waals surface area contributed by atoms with Crippen molar-refractivity contribution in [2.24, 2.45) is 4.99 Å². The number of aliphatic imine (C=N–C) groups is 1. The number of rotatable bonds is 8. The van der Waals surface area contributed by atoms with Crippen molar-refractivity contribution in [3.8, 4) is 0 Å². The molecule has 0 unspecified atom stereocenters. The number of halogens is 1.